The van der Waals surface area contributed by atoms with Crippen molar-refractivity contribution < 1.29 is 9.90 Å². The van der Waals surface area contributed by atoms with Gasteiger partial charge in [-0.1, -0.05) is 11.6 Å². The molecule has 0 aliphatic carbocycles. The minimum absolute atomic E-state index is 0.0783. The summed E-state index contributed by atoms with van der Waals surface area (Å²) < 4.78 is 0. The topological polar surface area (TPSA) is 84.8 Å². The van der Waals surface area contributed by atoms with E-state index >= 15 is 0 Å². The van der Waals surface area contributed by atoms with E-state index in [-0.39, 0.29) is 11.8 Å². The van der Waals surface area contributed by atoms with E-state index in [0.29, 0.717) is 17.5 Å². The molecule has 2 aliphatic rings. The number of aromatic nitrogens is 2. The molecule has 1 aromatic heterocycles. The Bertz CT molecular complexity index is 1520. The molecule has 200 valence electrons. The van der Waals surface area contributed by atoms with Gasteiger partial charge in [-0.15, -0.1) is 0 Å². The molecular weight excluding hydrogens is 512 g/mol. The molecule has 9 heteroatoms. The summed E-state index contributed by atoms with van der Waals surface area (Å²) in [6.07, 6.45) is 4.31. The first-order valence-electron chi connectivity index (χ1n) is 13.4. The summed E-state index contributed by atoms with van der Waals surface area (Å²) in [5.74, 6) is 0.657. The van der Waals surface area contributed by atoms with Crippen molar-refractivity contribution in [1.82, 2.24) is 19.8 Å². The number of carbonyl (C=O) groups is 1. The van der Waals surface area contributed by atoms with Gasteiger partial charge in [0.25, 0.3) is 0 Å². The van der Waals surface area contributed by atoms with E-state index in [0.717, 1.165) is 71.7 Å². The van der Waals surface area contributed by atoms with Crippen molar-refractivity contribution in [3.8, 4) is 16.9 Å². The first-order chi connectivity index (χ1) is 18.9. The van der Waals surface area contributed by atoms with Gasteiger partial charge in [0.05, 0.1) is 5.52 Å². The Morgan fingerprint density at radius 3 is 2.56 bits per heavy atom. The van der Waals surface area contributed by atoms with Gasteiger partial charge >= 0.3 is 6.03 Å². The number of benzene rings is 3. The average Bonchev–Trinajstić information content (AvgIpc) is 3.59. The Hall–Kier alpha value is -3.88. The summed E-state index contributed by atoms with van der Waals surface area (Å²) in [6, 6.07) is 16.8. The molecule has 6 rings (SSSR count). The number of hydrogen-bond donors (Lipinski definition) is 2. The first-order valence-corrected chi connectivity index (χ1v) is 13.7. The SMILES string of the molecule is Cc1cc(-c2cc(O)ccc2Cl)cc2cnc(Nc3ccc(N4CCN(CCN5CCCC5)C4=O)cc3)nc12. The van der Waals surface area contributed by atoms with Crippen molar-refractivity contribution in [3.05, 3.63) is 71.4 Å². The molecule has 8 nitrogen and oxygen atoms in total. The second-order valence-corrected chi connectivity index (χ2v) is 10.6. The molecule has 2 saturated heterocycles. The number of fused-ring (bicyclic) bond motifs is 1. The molecule has 0 radical (unpaired) electrons. The van der Waals surface area contributed by atoms with Gasteiger partial charge < -0.3 is 20.2 Å². The second kappa shape index (κ2) is 10.7. The third kappa shape index (κ3) is 5.35. The van der Waals surface area contributed by atoms with Gasteiger partial charge in [-0.05, 0) is 98.6 Å². The highest BCUT2D eigenvalue weighted by Gasteiger charge is 2.29. The summed E-state index contributed by atoms with van der Waals surface area (Å²) in [7, 11) is 0. The molecule has 39 heavy (non-hydrogen) atoms. The van der Waals surface area contributed by atoms with Crippen LogP contribution in [0.2, 0.25) is 5.02 Å². The van der Waals surface area contributed by atoms with Crippen LogP contribution < -0.4 is 10.2 Å². The Kier molecular flexibility index (Phi) is 6.97. The Morgan fingerprint density at radius 2 is 1.77 bits per heavy atom. The summed E-state index contributed by atoms with van der Waals surface area (Å²) in [5.41, 5.74) is 5.20. The minimum atomic E-state index is 0.0783. The van der Waals surface area contributed by atoms with Crippen LogP contribution in [0.5, 0.6) is 5.75 Å². The second-order valence-electron chi connectivity index (χ2n) is 10.2. The molecule has 0 bridgehead atoms. The predicted octanol–water partition coefficient (Wildman–Crippen LogP) is 6.05. The highest BCUT2D eigenvalue weighted by Crippen LogP contribution is 2.34. The van der Waals surface area contributed by atoms with Crippen LogP contribution in [-0.4, -0.2) is 70.2 Å². The lowest BCUT2D eigenvalue weighted by atomic mass is 10.0. The summed E-state index contributed by atoms with van der Waals surface area (Å²) >= 11 is 6.38. The predicted molar refractivity (Wildman–Crippen MR) is 156 cm³/mol. The molecule has 3 heterocycles. The van der Waals surface area contributed by atoms with Crippen LogP contribution in [-0.2, 0) is 0 Å². The van der Waals surface area contributed by atoms with Crippen LogP contribution in [0.1, 0.15) is 18.4 Å². The van der Waals surface area contributed by atoms with Crippen molar-refractivity contribution in [1.29, 1.82) is 0 Å². The first kappa shape index (κ1) is 25.4. The van der Waals surface area contributed by atoms with E-state index in [1.807, 2.05) is 53.1 Å². The van der Waals surface area contributed by atoms with Crippen LogP contribution in [0.3, 0.4) is 0 Å². The molecule has 3 aromatic carbocycles. The van der Waals surface area contributed by atoms with Crippen molar-refractivity contribution in [2.45, 2.75) is 19.8 Å². The van der Waals surface area contributed by atoms with E-state index in [1.165, 1.54) is 12.8 Å². The van der Waals surface area contributed by atoms with Crippen LogP contribution in [0.15, 0.2) is 60.8 Å². The summed E-state index contributed by atoms with van der Waals surface area (Å²) in [5, 5.41) is 14.6. The number of aromatic hydroxyl groups is 1. The molecule has 0 unspecified atom stereocenters. The number of hydrogen-bond acceptors (Lipinski definition) is 6. The lowest BCUT2D eigenvalue weighted by Crippen LogP contribution is -2.37. The zero-order valence-corrected chi connectivity index (χ0v) is 22.7. The Balaban J connectivity index is 1.14. The zero-order valence-electron chi connectivity index (χ0n) is 21.9. The van der Waals surface area contributed by atoms with Crippen molar-refractivity contribution in [3.63, 3.8) is 0 Å². The Labute approximate surface area is 232 Å². The quantitative estimate of drug-likeness (QED) is 0.296. The number of rotatable bonds is 7. The number of urea groups is 1. The standard InChI is InChI=1S/C30H31ClN6O2/c1-20-16-21(26-18-25(38)8-9-27(26)31)17-22-19-32-29(34-28(20)22)33-23-4-6-24(7-5-23)37-15-14-36(30(37)39)13-12-35-10-2-3-11-35/h4-9,16-19,38H,2-3,10-15H2,1H3,(H,32,33,34). The number of anilines is 3. The largest absolute Gasteiger partial charge is 0.508 e. The molecule has 0 spiro atoms. The monoisotopic (exact) mass is 542 g/mol. The highest BCUT2D eigenvalue weighted by atomic mass is 35.5. The van der Waals surface area contributed by atoms with E-state index in [9.17, 15) is 9.90 Å². The molecule has 4 aromatic rings. The van der Waals surface area contributed by atoms with Gasteiger partial charge in [0.1, 0.15) is 5.75 Å². The third-order valence-corrected chi connectivity index (χ3v) is 7.88. The normalized spacial score (nSPS) is 16.0. The average molecular weight is 543 g/mol. The molecular formula is C30H31ClN6O2. The van der Waals surface area contributed by atoms with Gasteiger partial charge in [-0.3, -0.25) is 4.90 Å². The van der Waals surface area contributed by atoms with Gasteiger partial charge in [-0.25, -0.2) is 14.8 Å². The zero-order chi connectivity index (χ0) is 26.9. The summed E-state index contributed by atoms with van der Waals surface area (Å²) in [4.78, 5) is 28.5. The van der Waals surface area contributed by atoms with Crippen LogP contribution in [0.4, 0.5) is 22.1 Å². The highest BCUT2D eigenvalue weighted by molar-refractivity contribution is 6.33. The van der Waals surface area contributed by atoms with E-state index < -0.39 is 0 Å². The van der Waals surface area contributed by atoms with Crippen LogP contribution in [0, 0.1) is 6.92 Å². The fourth-order valence-electron chi connectivity index (χ4n) is 5.43. The number of halogens is 1. The smallest absolute Gasteiger partial charge is 0.324 e. The number of carbonyl (C=O) groups excluding carboxylic acids is 1. The van der Waals surface area contributed by atoms with Gasteiger partial charge in [0, 0.05) is 59.7 Å². The van der Waals surface area contributed by atoms with Crippen molar-refractivity contribution >= 4 is 45.9 Å². The van der Waals surface area contributed by atoms with Crippen molar-refractivity contribution in [2.24, 2.45) is 0 Å². The third-order valence-electron chi connectivity index (χ3n) is 7.55. The molecule has 2 amide bonds. The molecule has 0 saturated carbocycles. The summed E-state index contributed by atoms with van der Waals surface area (Å²) in [6.45, 7) is 7.50. The van der Waals surface area contributed by atoms with Gasteiger partial charge in [0.2, 0.25) is 5.95 Å². The van der Waals surface area contributed by atoms with Crippen molar-refractivity contribution in [2.75, 3.05) is 49.5 Å². The number of phenolic OH excluding ortho intramolecular Hbond substituents is 1. The fourth-order valence-corrected chi connectivity index (χ4v) is 5.65. The number of likely N-dealkylation sites (tertiary alicyclic amines) is 1. The van der Waals surface area contributed by atoms with Gasteiger partial charge in [-0.2, -0.15) is 0 Å². The fraction of sp³-hybridized carbons (Fsp3) is 0.300. The number of nitrogens with zero attached hydrogens (tertiary/aromatic N) is 5. The lowest BCUT2D eigenvalue weighted by molar-refractivity contribution is 0.211. The number of phenols is 1. The Morgan fingerprint density at radius 1 is 0.974 bits per heavy atom. The van der Waals surface area contributed by atoms with Crippen LogP contribution >= 0.6 is 11.6 Å². The number of nitrogens with one attached hydrogen (secondary N) is 1. The molecule has 2 aliphatic heterocycles. The number of amides is 2. The maximum atomic E-state index is 13.0. The minimum Gasteiger partial charge on any atom is -0.508 e. The van der Waals surface area contributed by atoms with Crippen LogP contribution in [0.25, 0.3) is 22.0 Å². The number of aryl methyl sites for hydroxylation is 1. The van der Waals surface area contributed by atoms with Gasteiger partial charge in [0.15, 0.2) is 0 Å². The molecule has 2 N–H and O–H groups in total. The lowest BCUT2D eigenvalue weighted by Gasteiger charge is -2.22. The van der Waals surface area contributed by atoms with E-state index in [1.54, 1.807) is 24.4 Å². The van der Waals surface area contributed by atoms with E-state index in [2.05, 4.69) is 15.2 Å². The molecule has 0 atom stereocenters. The maximum Gasteiger partial charge on any atom is 0.324 e. The maximum absolute atomic E-state index is 13.0. The molecule has 2 fully saturated rings. The van der Waals surface area contributed by atoms with E-state index in [4.69, 9.17) is 16.6 Å².